The van der Waals surface area contributed by atoms with Gasteiger partial charge in [-0.15, -0.1) is 0 Å². The van der Waals surface area contributed by atoms with E-state index in [0.717, 1.165) is 41.7 Å². The maximum atomic E-state index is 12.9. The molecule has 0 radical (unpaired) electrons. The van der Waals surface area contributed by atoms with Gasteiger partial charge in [0.2, 0.25) is 0 Å². The summed E-state index contributed by atoms with van der Waals surface area (Å²) in [7, 11) is 0. The molecule has 7 heteroatoms. The first-order valence-corrected chi connectivity index (χ1v) is 11.3. The van der Waals surface area contributed by atoms with E-state index in [1.54, 1.807) is 12.1 Å². The molecule has 0 aromatic heterocycles. The summed E-state index contributed by atoms with van der Waals surface area (Å²) < 4.78 is 0. The van der Waals surface area contributed by atoms with Gasteiger partial charge in [-0.1, -0.05) is 67.3 Å². The van der Waals surface area contributed by atoms with Gasteiger partial charge in [-0.3, -0.25) is 19.3 Å². The zero-order valence-electron chi connectivity index (χ0n) is 18.0. The number of imide groups is 1. The lowest BCUT2D eigenvalue weighted by molar-refractivity contribution is -0.138. The van der Waals surface area contributed by atoms with E-state index in [4.69, 9.17) is 11.6 Å². The second-order valence-electron chi connectivity index (χ2n) is 8.33. The summed E-state index contributed by atoms with van der Waals surface area (Å²) in [6, 6.07) is 14.7. The highest BCUT2D eigenvalue weighted by Crippen LogP contribution is 2.29. The number of carbonyl (C=O) groups is 3. The molecule has 2 aromatic carbocycles. The van der Waals surface area contributed by atoms with Crippen LogP contribution >= 0.6 is 11.6 Å². The minimum atomic E-state index is -0.535. The van der Waals surface area contributed by atoms with Crippen molar-refractivity contribution >= 4 is 35.0 Å². The molecule has 0 atom stereocenters. The van der Waals surface area contributed by atoms with Crippen molar-refractivity contribution in [2.45, 2.75) is 51.6 Å². The molecule has 0 spiro atoms. The van der Waals surface area contributed by atoms with E-state index in [1.165, 1.54) is 6.42 Å². The Labute approximate surface area is 192 Å². The van der Waals surface area contributed by atoms with Crippen molar-refractivity contribution < 1.29 is 14.4 Å². The first-order valence-electron chi connectivity index (χ1n) is 10.9. The van der Waals surface area contributed by atoms with Crippen LogP contribution in [0.2, 0.25) is 0 Å². The van der Waals surface area contributed by atoms with Crippen LogP contribution in [0.3, 0.4) is 0 Å². The molecule has 2 aromatic rings. The molecule has 4 rings (SSSR count). The van der Waals surface area contributed by atoms with Gasteiger partial charge in [-0.2, -0.15) is 0 Å². The monoisotopic (exact) mass is 451 g/mol. The molecule has 1 saturated carbocycles. The molecule has 2 N–H and O–H groups in total. The van der Waals surface area contributed by atoms with Gasteiger partial charge in [0, 0.05) is 17.3 Å². The third-order valence-corrected chi connectivity index (χ3v) is 6.35. The lowest BCUT2D eigenvalue weighted by atomic mass is 9.95. The molecule has 0 saturated heterocycles. The quantitative estimate of drug-likeness (QED) is 0.634. The molecule has 0 bridgehead atoms. The summed E-state index contributed by atoms with van der Waals surface area (Å²) in [6.07, 6.45) is 5.48. The molecular weight excluding hydrogens is 426 g/mol. The molecule has 1 aliphatic heterocycles. The predicted octanol–water partition coefficient (Wildman–Crippen LogP) is 4.49. The highest BCUT2D eigenvalue weighted by atomic mass is 35.5. The Bertz CT molecular complexity index is 1080. The van der Waals surface area contributed by atoms with Crippen molar-refractivity contribution in [3.05, 3.63) is 76.0 Å². The van der Waals surface area contributed by atoms with Gasteiger partial charge in [0.05, 0.1) is 6.54 Å². The second-order valence-corrected chi connectivity index (χ2v) is 8.71. The van der Waals surface area contributed by atoms with Gasteiger partial charge in [0.25, 0.3) is 17.7 Å². The van der Waals surface area contributed by atoms with Crippen molar-refractivity contribution in [2.24, 2.45) is 0 Å². The molecule has 2 aliphatic rings. The summed E-state index contributed by atoms with van der Waals surface area (Å²) in [5.74, 6) is -1.16. The molecule has 1 aliphatic carbocycles. The molecule has 1 heterocycles. The van der Waals surface area contributed by atoms with Crippen molar-refractivity contribution in [3.63, 3.8) is 0 Å². The van der Waals surface area contributed by atoms with E-state index in [-0.39, 0.29) is 29.2 Å². The Morgan fingerprint density at radius 1 is 1.03 bits per heavy atom. The van der Waals surface area contributed by atoms with E-state index >= 15 is 0 Å². The molecule has 32 heavy (non-hydrogen) atoms. The summed E-state index contributed by atoms with van der Waals surface area (Å²) in [4.78, 5) is 39.4. The van der Waals surface area contributed by atoms with Crippen LogP contribution in [0.25, 0.3) is 0 Å². The van der Waals surface area contributed by atoms with Crippen molar-refractivity contribution in [1.82, 2.24) is 10.2 Å². The third-order valence-electron chi connectivity index (χ3n) is 5.99. The van der Waals surface area contributed by atoms with Gasteiger partial charge in [0.15, 0.2) is 0 Å². The maximum absolute atomic E-state index is 12.9. The summed E-state index contributed by atoms with van der Waals surface area (Å²) in [5.41, 5.74) is 2.76. The Balaban J connectivity index is 1.50. The summed E-state index contributed by atoms with van der Waals surface area (Å²) >= 11 is 6.24. The summed E-state index contributed by atoms with van der Waals surface area (Å²) in [5, 5.41) is 5.96. The number of rotatable bonds is 6. The van der Waals surface area contributed by atoms with Gasteiger partial charge in [0.1, 0.15) is 10.7 Å². The lowest BCUT2D eigenvalue weighted by Gasteiger charge is -2.23. The van der Waals surface area contributed by atoms with Crippen LogP contribution in [0, 0.1) is 6.92 Å². The van der Waals surface area contributed by atoms with Crippen LogP contribution < -0.4 is 10.6 Å². The summed E-state index contributed by atoms with van der Waals surface area (Å²) in [6.45, 7) is 2.01. The highest BCUT2D eigenvalue weighted by molar-refractivity contribution is 6.48. The zero-order chi connectivity index (χ0) is 22.7. The molecular formula is C25H26ClN3O3. The van der Waals surface area contributed by atoms with E-state index < -0.39 is 11.8 Å². The van der Waals surface area contributed by atoms with Crippen LogP contribution in [0.15, 0.2) is 59.3 Å². The number of hydrogen-bond donors (Lipinski definition) is 2. The third kappa shape index (κ3) is 4.70. The molecule has 1 fully saturated rings. The Hall–Kier alpha value is -3.12. The number of amides is 3. The van der Waals surface area contributed by atoms with Crippen molar-refractivity contribution in [3.8, 4) is 0 Å². The van der Waals surface area contributed by atoms with Gasteiger partial charge < -0.3 is 10.6 Å². The number of halogens is 1. The topological polar surface area (TPSA) is 78.5 Å². The van der Waals surface area contributed by atoms with Gasteiger partial charge in [-0.05, 0) is 43.0 Å². The molecule has 3 amide bonds. The largest absolute Gasteiger partial charge is 0.349 e. The fraction of sp³-hybridized carbons (Fsp3) is 0.320. The zero-order valence-corrected chi connectivity index (χ0v) is 18.7. The number of anilines is 1. The number of nitrogens with zero attached hydrogens (tertiary/aromatic N) is 1. The number of benzene rings is 2. The normalized spacial score (nSPS) is 17.1. The Kier molecular flexibility index (Phi) is 6.61. The minimum Gasteiger partial charge on any atom is -0.349 e. The lowest BCUT2D eigenvalue weighted by Crippen LogP contribution is -2.36. The number of carbonyl (C=O) groups excluding carboxylic acids is 3. The average molecular weight is 452 g/mol. The second kappa shape index (κ2) is 9.57. The van der Waals surface area contributed by atoms with Crippen LogP contribution in [0.5, 0.6) is 0 Å². The Morgan fingerprint density at radius 2 is 1.75 bits per heavy atom. The fourth-order valence-electron chi connectivity index (χ4n) is 4.11. The average Bonchev–Trinajstić information content (AvgIpc) is 3.00. The van der Waals surface area contributed by atoms with E-state index in [9.17, 15) is 14.4 Å². The minimum absolute atomic E-state index is 0.0283. The highest BCUT2D eigenvalue weighted by Gasteiger charge is 2.38. The van der Waals surface area contributed by atoms with Gasteiger partial charge in [-0.25, -0.2) is 0 Å². The van der Waals surface area contributed by atoms with Crippen LogP contribution in [0.1, 0.15) is 53.6 Å². The van der Waals surface area contributed by atoms with E-state index in [0.29, 0.717) is 11.3 Å². The Morgan fingerprint density at radius 3 is 2.47 bits per heavy atom. The van der Waals surface area contributed by atoms with Gasteiger partial charge >= 0.3 is 0 Å². The van der Waals surface area contributed by atoms with Crippen LogP contribution in [-0.4, -0.2) is 28.7 Å². The SMILES string of the molecule is Cc1ccc(C(=O)NC2CCCCC2)cc1NC1=C(Cl)C(=O)N(Cc2ccccc2)C1=O. The predicted molar refractivity (Wildman–Crippen MR) is 124 cm³/mol. The van der Waals surface area contributed by atoms with Crippen LogP contribution in [0.4, 0.5) is 5.69 Å². The van der Waals surface area contributed by atoms with Crippen LogP contribution in [-0.2, 0) is 16.1 Å². The molecule has 6 nitrogen and oxygen atoms in total. The standard InChI is InChI=1S/C25H26ClN3O3/c1-16-12-13-18(23(30)27-19-10-6-3-7-11-19)14-20(16)28-22-21(26)24(31)29(25(22)32)15-17-8-4-2-5-9-17/h2,4-5,8-9,12-14,19,28H,3,6-7,10-11,15H2,1H3,(H,27,30). The van der Waals surface area contributed by atoms with E-state index in [1.807, 2.05) is 43.3 Å². The van der Waals surface area contributed by atoms with Crippen molar-refractivity contribution in [1.29, 1.82) is 0 Å². The molecule has 166 valence electrons. The van der Waals surface area contributed by atoms with E-state index in [2.05, 4.69) is 10.6 Å². The number of aryl methyl sites for hydroxylation is 1. The maximum Gasteiger partial charge on any atom is 0.279 e. The van der Waals surface area contributed by atoms with Crippen molar-refractivity contribution in [2.75, 3.05) is 5.32 Å². The number of hydrogen-bond acceptors (Lipinski definition) is 4. The first-order chi connectivity index (χ1) is 15.4. The first kappa shape index (κ1) is 22.1. The smallest absolute Gasteiger partial charge is 0.279 e. The number of nitrogens with one attached hydrogen (secondary N) is 2. The molecule has 0 unspecified atom stereocenters. The fourth-order valence-corrected chi connectivity index (χ4v) is 4.34.